The van der Waals surface area contributed by atoms with Crippen LogP contribution in [-0.2, 0) is 4.79 Å². The molecule has 1 aliphatic rings. The molecule has 27 heavy (non-hydrogen) atoms. The first-order valence-electron chi connectivity index (χ1n) is 8.99. The third-order valence-corrected chi connectivity index (χ3v) is 4.70. The Bertz CT molecular complexity index is 978. The molecule has 1 saturated carbocycles. The van der Waals surface area contributed by atoms with E-state index in [1.54, 1.807) is 0 Å². The van der Waals surface area contributed by atoms with Gasteiger partial charge in [-0.25, -0.2) is 4.68 Å². The number of carbonyl (C=O) groups excluding carboxylic acids is 1. The van der Waals surface area contributed by atoms with Crippen molar-refractivity contribution in [1.29, 1.82) is 0 Å². The molecule has 0 radical (unpaired) electrons. The summed E-state index contributed by atoms with van der Waals surface area (Å²) in [5.74, 6) is 1.23. The van der Waals surface area contributed by atoms with Gasteiger partial charge in [-0.15, -0.1) is 5.10 Å². The van der Waals surface area contributed by atoms with E-state index in [1.807, 2.05) is 61.0 Å². The standard InChI is InChI=1S/C20H21N5O2/c1-13-5-3-8-18(14(13)2)27-12-19(26)21-16-7-4-6-15(11-16)20-22-23-24-25(20)17-9-10-17/h3-8,11,17H,9-10,12H2,1-2H3,(H,21,26). The summed E-state index contributed by atoms with van der Waals surface area (Å²) in [5.41, 5.74) is 3.74. The lowest BCUT2D eigenvalue weighted by Crippen LogP contribution is -2.20. The fourth-order valence-electron chi connectivity index (χ4n) is 2.91. The van der Waals surface area contributed by atoms with Gasteiger partial charge >= 0.3 is 0 Å². The lowest BCUT2D eigenvalue weighted by molar-refractivity contribution is -0.118. The van der Waals surface area contributed by atoms with Crippen LogP contribution in [0.25, 0.3) is 11.4 Å². The van der Waals surface area contributed by atoms with Gasteiger partial charge in [0.25, 0.3) is 5.91 Å². The first-order valence-corrected chi connectivity index (χ1v) is 8.99. The molecule has 0 atom stereocenters. The van der Waals surface area contributed by atoms with Gasteiger partial charge in [-0.2, -0.15) is 0 Å². The van der Waals surface area contributed by atoms with E-state index < -0.39 is 0 Å². The van der Waals surface area contributed by atoms with Crippen molar-refractivity contribution in [3.05, 3.63) is 53.6 Å². The summed E-state index contributed by atoms with van der Waals surface area (Å²) >= 11 is 0. The minimum absolute atomic E-state index is 0.0473. The van der Waals surface area contributed by atoms with E-state index in [-0.39, 0.29) is 12.5 Å². The maximum absolute atomic E-state index is 12.3. The minimum atomic E-state index is -0.213. The molecular weight excluding hydrogens is 342 g/mol. The van der Waals surface area contributed by atoms with E-state index in [4.69, 9.17) is 4.74 Å². The van der Waals surface area contributed by atoms with Crippen LogP contribution >= 0.6 is 0 Å². The lowest BCUT2D eigenvalue weighted by Gasteiger charge is -2.11. The van der Waals surface area contributed by atoms with Gasteiger partial charge in [0.2, 0.25) is 0 Å². The highest BCUT2D eigenvalue weighted by atomic mass is 16.5. The monoisotopic (exact) mass is 363 g/mol. The Hall–Kier alpha value is -3.22. The average Bonchev–Trinajstić information content (AvgIpc) is 3.39. The number of rotatable bonds is 6. The van der Waals surface area contributed by atoms with E-state index in [2.05, 4.69) is 20.8 Å². The number of ether oxygens (including phenoxy) is 1. The Balaban J connectivity index is 1.43. The predicted octanol–water partition coefficient (Wildman–Crippen LogP) is 3.31. The van der Waals surface area contributed by atoms with Gasteiger partial charge in [0.05, 0.1) is 6.04 Å². The van der Waals surface area contributed by atoms with Crippen LogP contribution in [0.2, 0.25) is 0 Å². The van der Waals surface area contributed by atoms with Crippen molar-refractivity contribution in [3.63, 3.8) is 0 Å². The van der Waals surface area contributed by atoms with Crippen molar-refractivity contribution < 1.29 is 9.53 Å². The normalized spacial score (nSPS) is 13.4. The topological polar surface area (TPSA) is 81.9 Å². The van der Waals surface area contributed by atoms with Crippen LogP contribution in [-0.4, -0.2) is 32.7 Å². The summed E-state index contributed by atoms with van der Waals surface area (Å²) in [6.45, 7) is 3.95. The smallest absolute Gasteiger partial charge is 0.262 e. The highest BCUT2D eigenvalue weighted by Crippen LogP contribution is 2.36. The largest absolute Gasteiger partial charge is 0.483 e. The summed E-state index contributed by atoms with van der Waals surface area (Å²) in [7, 11) is 0. The van der Waals surface area contributed by atoms with Crippen LogP contribution < -0.4 is 10.1 Å². The number of nitrogens with one attached hydrogen (secondary N) is 1. The average molecular weight is 363 g/mol. The molecule has 1 heterocycles. The molecule has 1 aromatic heterocycles. The molecule has 138 valence electrons. The Morgan fingerprint density at radius 1 is 1.22 bits per heavy atom. The fraction of sp³-hybridized carbons (Fsp3) is 0.300. The molecule has 0 aliphatic heterocycles. The number of aryl methyl sites for hydroxylation is 1. The van der Waals surface area contributed by atoms with E-state index in [1.165, 1.54) is 0 Å². The quantitative estimate of drug-likeness (QED) is 0.726. The molecule has 1 N–H and O–H groups in total. The zero-order valence-corrected chi connectivity index (χ0v) is 15.3. The van der Waals surface area contributed by atoms with Gasteiger partial charge in [0, 0.05) is 11.3 Å². The summed E-state index contributed by atoms with van der Waals surface area (Å²) < 4.78 is 7.52. The minimum Gasteiger partial charge on any atom is -0.483 e. The first kappa shape index (κ1) is 17.2. The zero-order chi connectivity index (χ0) is 18.8. The highest BCUT2D eigenvalue weighted by molar-refractivity contribution is 5.92. The maximum Gasteiger partial charge on any atom is 0.262 e. The molecule has 1 amide bonds. The van der Waals surface area contributed by atoms with Crippen molar-refractivity contribution in [3.8, 4) is 17.1 Å². The van der Waals surface area contributed by atoms with Crippen LogP contribution in [0, 0.1) is 13.8 Å². The van der Waals surface area contributed by atoms with Gasteiger partial charge in [-0.3, -0.25) is 4.79 Å². The van der Waals surface area contributed by atoms with E-state index >= 15 is 0 Å². The van der Waals surface area contributed by atoms with Crippen molar-refractivity contribution in [2.24, 2.45) is 0 Å². The van der Waals surface area contributed by atoms with Crippen LogP contribution in [0.15, 0.2) is 42.5 Å². The highest BCUT2D eigenvalue weighted by Gasteiger charge is 2.28. The van der Waals surface area contributed by atoms with Gasteiger partial charge in [-0.1, -0.05) is 24.3 Å². The molecule has 0 unspecified atom stereocenters. The van der Waals surface area contributed by atoms with E-state index in [9.17, 15) is 4.79 Å². The summed E-state index contributed by atoms with van der Waals surface area (Å²) in [4.78, 5) is 12.3. The second-order valence-corrected chi connectivity index (χ2v) is 6.79. The molecule has 1 fully saturated rings. The summed E-state index contributed by atoms with van der Waals surface area (Å²) in [6, 6.07) is 13.7. The maximum atomic E-state index is 12.3. The second kappa shape index (κ2) is 7.19. The van der Waals surface area contributed by atoms with Crippen molar-refractivity contribution in [2.45, 2.75) is 32.7 Å². The number of benzene rings is 2. The van der Waals surface area contributed by atoms with Gasteiger partial charge in [0.15, 0.2) is 12.4 Å². The van der Waals surface area contributed by atoms with Crippen molar-refractivity contribution in [2.75, 3.05) is 11.9 Å². The summed E-state index contributed by atoms with van der Waals surface area (Å²) in [6.07, 6.45) is 2.20. The molecule has 0 spiro atoms. The van der Waals surface area contributed by atoms with Gasteiger partial charge in [0.1, 0.15) is 5.75 Å². The first-order chi connectivity index (χ1) is 13.1. The number of nitrogens with zero attached hydrogens (tertiary/aromatic N) is 4. The summed E-state index contributed by atoms with van der Waals surface area (Å²) in [5, 5.41) is 14.9. The predicted molar refractivity (Wildman–Crippen MR) is 102 cm³/mol. The van der Waals surface area contributed by atoms with Gasteiger partial charge in [-0.05, 0) is 66.4 Å². The molecule has 2 aromatic carbocycles. The Morgan fingerprint density at radius 2 is 2.04 bits per heavy atom. The van der Waals surface area contributed by atoms with Crippen LogP contribution in [0.1, 0.15) is 30.0 Å². The molecule has 0 saturated heterocycles. The SMILES string of the molecule is Cc1cccc(OCC(=O)Nc2cccc(-c3nnnn3C3CC3)c2)c1C. The van der Waals surface area contributed by atoms with Crippen LogP contribution in [0.3, 0.4) is 0 Å². The second-order valence-electron chi connectivity index (χ2n) is 6.79. The van der Waals surface area contributed by atoms with Crippen molar-refractivity contribution in [1.82, 2.24) is 20.2 Å². The Labute approximate surface area is 157 Å². The Kier molecular flexibility index (Phi) is 4.58. The Morgan fingerprint density at radius 3 is 2.85 bits per heavy atom. The van der Waals surface area contributed by atoms with Crippen LogP contribution in [0.4, 0.5) is 5.69 Å². The number of carbonyl (C=O) groups is 1. The molecule has 3 aromatic rings. The molecule has 0 bridgehead atoms. The van der Waals surface area contributed by atoms with E-state index in [0.717, 1.165) is 41.1 Å². The third-order valence-electron chi connectivity index (χ3n) is 4.70. The van der Waals surface area contributed by atoms with E-state index in [0.29, 0.717) is 11.7 Å². The molecule has 1 aliphatic carbocycles. The number of aromatic nitrogens is 4. The number of amides is 1. The lowest BCUT2D eigenvalue weighted by atomic mass is 10.1. The zero-order valence-electron chi connectivity index (χ0n) is 15.3. The van der Waals surface area contributed by atoms with Crippen LogP contribution in [0.5, 0.6) is 5.75 Å². The number of tetrazole rings is 1. The molecule has 7 nitrogen and oxygen atoms in total. The van der Waals surface area contributed by atoms with Crippen molar-refractivity contribution >= 4 is 11.6 Å². The number of hydrogen-bond donors (Lipinski definition) is 1. The fourth-order valence-corrected chi connectivity index (χ4v) is 2.91. The molecule has 7 heteroatoms. The number of anilines is 1. The molecule has 4 rings (SSSR count). The van der Waals surface area contributed by atoms with Gasteiger partial charge < -0.3 is 10.1 Å². The third kappa shape index (κ3) is 3.81. The number of hydrogen-bond acceptors (Lipinski definition) is 5. The molecular formula is C20H21N5O2.